The topological polar surface area (TPSA) is 54.0 Å². The lowest BCUT2D eigenvalue weighted by molar-refractivity contribution is -0.115. The van der Waals surface area contributed by atoms with Crippen LogP contribution >= 0.6 is 0 Å². The zero-order valence-corrected chi connectivity index (χ0v) is 9.58. The van der Waals surface area contributed by atoms with Crippen LogP contribution in [-0.2, 0) is 4.79 Å². The normalized spacial score (nSPS) is 16.1. The molecule has 0 atom stereocenters. The molecule has 2 N–H and O–H groups in total. The summed E-state index contributed by atoms with van der Waals surface area (Å²) in [5, 5.41) is 5.79. The highest BCUT2D eigenvalue weighted by Gasteiger charge is 2.15. The molecular weight excluding hydrogens is 221 g/mol. The quantitative estimate of drug-likeness (QED) is 0.838. The summed E-state index contributed by atoms with van der Waals surface area (Å²) in [7, 11) is 0. The molecule has 1 aromatic heterocycles. The molecule has 2 rings (SSSR count). The van der Waals surface area contributed by atoms with Gasteiger partial charge < -0.3 is 10.6 Å². The third-order valence-electron chi connectivity index (χ3n) is 2.90. The number of carbonyl (C=O) groups excluding carboxylic acids is 1. The summed E-state index contributed by atoms with van der Waals surface area (Å²) in [6.45, 7) is 0.265. The van der Waals surface area contributed by atoms with E-state index in [2.05, 4.69) is 15.6 Å². The van der Waals surface area contributed by atoms with Gasteiger partial charge in [-0.3, -0.25) is 9.78 Å². The Morgan fingerprint density at radius 2 is 2.18 bits per heavy atom. The number of carbonyl (C=O) groups is 1. The summed E-state index contributed by atoms with van der Waals surface area (Å²) in [5.74, 6) is -0.615. The number of pyridine rings is 1. The predicted molar refractivity (Wildman–Crippen MR) is 63.1 cm³/mol. The molecular formula is C12H16FN3O. The van der Waals surface area contributed by atoms with Crippen molar-refractivity contribution in [2.24, 2.45) is 0 Å². The first-order valence-corrected chi connectivity index (χ1v) is 5.88. The Morgan fingerprint density at radius 3 is 2.88 bits per heavy atom. The molecule has 1 heterocycles. The summed E-state index contributed by atoms with van der Waals surface area (Å²) in [6, 6.07) is 1.70. The van der Waals surface area contributed by atoms with E-state index >= 15 is 0 Å². The van der Waals surface area contributed by atoms with Gasteiger partial charge in [0.25, 0.3) is 0 Å². The van der Waals surface area contributed by atoms with Crippen molar-refractivity contribution < 1.29 is 9.18 Å². The highest BCUT2D eigenvalue weighted by Crippen LogP contribution is 2.17. The smallest absolute Gasteiger partial charge is 0.238 e. The SMILES string of the molecule is O=C(CNC1CCCC1)Nc1cncc(F)c1. The van der Waals surface area contributed by atoms with Gasteiger partial charge in [0.1, 0.15) is 5.82 Å². The fourth-order valence-electron chi connectivity index (χ4n) is 2.05. The predicted octanol–water partition coefficient (Wildman–Crippen LogP) is 1.69. The van der Waals surface area contributed by atoms with Crippen molar-refractivity contribution in [3.05, 3.63) is 24.3 Å². The van der Waals surface area contributed by atoms with Gasteiger partial charge in [-0.2, -0.15) is 0 Å². The van der Waals surface area contributed by atoms with Crippen molar-refractivity contribution in [2.75, 3.05) is 11.9 Å². The first-order valence-electron chi connectivity index (χ1n) is 5.88. The Hall–Kier alpha value is -1.49. The largest absolute Gasteiger partial charge is 0.324 e. The van der Waals surface area contributed by atoms with Crippen molar-refractivity contribution in [3.8, 4) is 0 Å². The first kappa shape index (κ1) is 12.0. The van der Waals surface area contributed by atoms with Crippen LogP contribution in [0.15, 0.2) is 18.5 Å². The van der Waals surface area contributed by atoms with Gasteiger partial charge in [0.05, 0.1) is 24.6 Å². The minimum atomic E-state index is -0.452. The number of rotatable bonds is 4. The second kappa shape index (κ2) is 5.72. The maximum atomic E-state index is 12.8. The van der Waals surface area contributed by atoms with E-state index in [1.54, 1.807) is 0 Å². The molecule has 1 aromatic rings. The van der Waals surface area contributed by atoms with Crippen LogP contribution in [0.2, 0.25) is 0 Å². The molecule has 0 aliphatic heterocycles. The van der Waals surface area contributed by atoms with Crippen molar-refractivity contribution in [2.45, 2.75) is 31.7 Å². The number of amides is 1. The number of anilines is 1. The molecule has 0 bridgehead atoms. The number of aromatic nitrogens is 1. The fourth-order valence-corrected chi connectivity index (χ4v) is 2.05. The van der Waals surface area contributed by atoms with Crippen molar-refractivity contribution in [3.63, 3.8) is 0 Å². The molecule has 0 spiro atoms. The molecule has 4 nitrogen and oxygen atoms in total. The molecule has 0 radical (unpaired) electrons. The van der Waals surface area contributed by atoms with E-state index in [4.69, 9.17) is 0 Å². The molecule has 1 amide bonds. The van der Waals surface area contributed by atoms with E-state index in [1.807, 2.05) is 0 Å². The Kier molecular flexibility index (Phi) is 4.03. The Balaban J connectivity index is 1.76. The van der Waals surface area contributed by atoms with Gasteiger partial charge >= 0.3 is 0 Å². The maximum Gasteiger partial charge on any atom is 0.238 e. The minimum Gasteiger partial charge on any atom is -0.324 e. The van der Waals surface area contributed by atoms with Crippen molar-refractivity contribution in [1.29, 1.82) is 0 Å². The van der Waals surface area contributed by atoms with Crippen LogP contribution in [0.5, 0.6) is 0 Å². The zero-order valence-electron chi connectivity index (χ0n) is 9.58. The van der Waals surface area contributed by atoms with Crippen LogP contribution in [0.4, 0.5) is 10.1 Å². The Bertz CT molecular complexity index is 391. The molecule has 5 heteroatoms. The summed E-state index contributed by atoms with van der Waals surface area (Å²) < 4.78 is 12.8. The average molecular weight is 237 g/mol. The van der Waals surface area contributed by atoms with E-state index in [9.17, 15) is 9.18 Å². The molecule has 1 aliphatic rings. The second-order valence-electron chi connectivity index (χ2n) is 4.30. The lowest BCUT2D eigenvalue weighted by Crippen LogP contribution is -2.34. The van der Waals surface area contributed by atoms with E-state index in [1.165, 1.54) is 25.1 Å². The molecule has 17 heavy (non-hydrogen) atoms. The lowest BCUT2D eigenvalue weighted by atomic mass is 10.2. The van der Waals surface area contributed by atoms with Crippen LogP contribution < -0.4 is 10.6 Å². The lowest BCUT2D eigenvalue weighted by Gasteiger charge is -2.11. The van der Waals surface area contributed by atoms with E-state index in [0.717, 1.165) is 19.0 Å². The van der Waals surface area contributed by atoms with Gasteiger partial charge in [-0.25, -0.2) is 4.39 Å². The van der Waals surface area contributed by atoms with Crippen molar-refractivity contribution in [1.82, 2.24) is 10.3 Å². The van der Waals surface area contributed by atoms with Crippen molar-refractivity contribution >= 4 is 11.6 Å². The second-order valence-corrected chi connectivity index (χ2v) is 4.30. The molecule has 92 valence electrons. The third kappa shape index (κ3) is 3.78. The van der Waals surface area contributed by atoms with Crippen LogP contribution in [0.3, 0.4) is 0 Å². The Labute approximate surface area is 99.6 Å². The highest BCUT2D eigenvalue weighted by atomic mass is 19.1. The van der Waals surface area contributed by atoms with E-state index in [-0.39, 0.29) is 12.5 Å². The zero-order chi connectivity index (χ0) is 12.1. The molecule has 0 saturated heterocycles. The number of halogens is 1. The van der Waals surface area contributed by atoms with Gasteiger partial charge in [-0.1, -0.05) is 12.8 Å². The first-order chi connectivity index (χ1) is 8.24. The van der Waals surface area contributed by atoms with Gasteiger partial charge in [0.15, 0.2) is 0 Å². The van der Waals surface area contributed by atoms with Crippen LogP contribution in [0.1, 0.15) is 25.7 Å². The van der Waals surface area contributed by atoms with Crippen LogP contribution in [0.25, 0.3) is 0 Å². The summed E-state index contributed by atoms with van der Waals surface area (Å²) in [6.07, 6.45) is 7.26. The van der Waals surface area contributed by atoms with E-state index < -0.39 is 5.82 Å². The summed E-state index contributed by atoms with van der Waals surface area (Å²) in [4.78, 5) is 15.2. The summed E-state index contributed by atoms with van der Waals surface area (Å²) >= 11 is 0. The number of hydrogen-bond donors (Lipinski definition) is 2. The van der Waals surface area contributed by atoms with Gasteiger partial charge in [-0.15, -0.1) is 0 Å². The Morgan fingerprint density at radius 1 is 1.41 bits per heavy atom. The van der Waals surface area contributed by atoms with Crippen LogP contribution in [-0.4, -0.2) is 23.5 Å². The maximum absolute atomic E-state index is 12.8. The van der Waals surface area contributed by atoms with Gasteiger partial charge in [0, 0.05) is 12.1 Å². The molecule has 1 aliphatic carbocycles. The standard InChI is InChI=1S/C12H16FN3O/c13-9-5-11(7-14-6-9)16-12(17)8-15-10-3-1-2-4-10/h5-7,10,15H,1-4,8H2,(H,16,17). The van der Waals surface area contributed by atoms with Gasteiger partial charge in [0.2, 0.25) is 5.91 Å². The summed E-state index contributed by atoms with van der Waals surface area (Å²) in [5.41, 5.74) is 0.392. The number of hydrogen-bond acceptors (Lipinski definition) is 3. The number of nitrogens with one attached hydrogen (secondary N) is 2. The van der Waals surface area contributed by atoms with Crippen LogP contribution in [0, 0.1) is 5.82 Å². The molecule has 0 unspecified atom stereocenters. The molecule has 1 saturated carbocycles. The van der Waals surface area contributed by atoms with E-state index in [0.29, 0.717) is 11.7 Å². The fraction of sp³-hybridized carbons (Fsp3) is 0.500. The monoisotopic (exact) mass is 237 g/mol. The molecule has 1 fully saturated rings. The highest BCUT2D eigenvalue weighted by molar-refractivity contribution is 5.92. The average Bonchev–Trinajstić information content (AvgIpc) is 2.79. The van der Waals surface area contributed by atoms with Gasteiger partial charge in [-0.05, 0) is 12.8 Å². The third-order valence-corrected chi connectivity index (χ3v) is 2.90. The minimum absolute atomic E-state index is 0.163. The number of nitrogens with zero attached hydrogens (tertiary/aromatic N) is 1. The molecule has 0 aromatic carbocycles.